The minimum absolute atomic E-state index is 0.178. The lowest BCUT2D eigenvalue weighted by Crippen LogP contribution is -2.18. The highest BCUT2D eigenvalue weighted by atomic mass is 16.2. The standard InChI is InChI=1S/C21H16N4O.CO2/c1-14-20(17-6-4-3-5-7-17)21-24(2)18(12-19(26)25(21)23-14)16-10-8-15(13-22)9-11-16;2-1-3/h3-12H,1-2H3;. The molecule has 4 aromatic rings. The molecule has 0 amide bonds. The van der Waals surface area contributed by atoms with Crippen molar-refractivity contribution >= 4 is 11.8 Å². The predicted molar refractivity (Wildman–Crippen MR) is 106 cm³/mol. The van der Waals surface area contributed by atoms with E-state index < -0.39 is 0 Å². The van der Waals surface area contributed by atoms with E-state index in [1.807, 2.05) is 61.0 Å². The van der Waals surface area contributed by atoms with Crippen LogP contribution in [0.5, 0.6) is 0 Å². The molecule has 29 heavy (non-hydrogen) atoms. The predicted octanol–water partition coefficient (Wildman–Crippen LogP) is 2.96. The molecule has 4 rings (SSSR count). The first-order valence-electron chi connectivity index (χ1n) is 8.66. The third-order valence-corrected chi connectivity index (χ3v) is 4.56. The van der Waals surface area contributed by atoms with Crippen molar-refractivity contribution < 1.29 is 9.59 Å². The molecule has 0 aliphatic carbocycles. The summed E-state index contributed by atoms with van der Waals surface area (Å²) < 4.78 is 3.43. The average molecular weight is 384 g/mol. The molecule has 0 saturated carbocycles. The van der Waals surface area contributed by atoms with Crippen molar-refractivity contribution in [2.45, 2.75) is 6.92 Å². The molecule has 0 atom stereocenters. The highest BCUT2D eigenvalue weighted by Crippen LogP contribution is 2.29. The van der Waals surface area contributed by atoms with Crippen LogP contribution in [0.3, 0.4) is 0 Å². The van der Waals surface area contributed by atoms with E-state index in [1.165, 1.54) is 4.52 Å². The van der Waals surface area contributed by atoms with Crippen molar-refractivity contribution in [3.05, 3.63) is 82.3 Å². The maximum absolute atomic E-state index is 12.7. The Morgan fingerprint density at radius 3 is 2.17 bits per heavy atom. The van der Waals surface area contributed by atoms with Gasteiger partial charge in [-0.25, -0.2) is 0 Å². The zero-order valence-electron chi connectivity index (χ0n) is 15.8. The summed E-state index contributed by atoms with van der Waals surface area (Å²) in [4.78, 5) is 28.9. The van der Waals surface area contributed by atoms with Gasteiger partial charge in [0.15, 0.2) is 0 Å². The van der Waals surface area contributed by atoms with Gasteiger partial charge in [-0.3, -0.25) is 4.79 Å². The SMILES string of the molecule is Cc1nn2c(=O)cc(-c3ccc(C#N)cc3)n(C)c2c1-c1ccccc1.O=C=O. The lowest BCUT2D eigenvalue weighted by molar-refractivity contribution is -0.191. The summed E-state index contributed by atoms with van der Waals surface area (Å²) in [5.41, 5.74) is 5.59. The van der Waals surface area contributed by atoms with Gasteiger partial charge in [-0.15, -0.1) is 0 Å². The summed E-state index contributed by atoms with van der Waals surface area (Å²) >= 11 is 0. The Kier molecular flexibility index (Phi) is 5.49. The lowest BCUT2D eigenvalue weighted by Gasteiger charge is -2.12. The molecule has 7 nitrogen and oxygen atoms in total. The minimum atomic E-state index is -0.178. The van der Waals surface area contributed by atoms with Crippen molar-refractivity contribution in [3.8, 4) is 28.5 Å². The van der Waals surface area contributed by atoms with Crippen LogP contribution in [0.15, 0.2) is 65.5 Å². The number of aromatic nitrogens is 3. The number of nitriles is 1. The molecular formula is C22H16N4O3. The van der Waals surface area contributed by atoms with E-state index >= 15 is 0 Å². The fourth-order valence-electron chi connectivity index (χ4n) is 3.30. The van der Waals surface area contributed by atoms with Gasteiger partial charge in [-0.2, -0.15) is 24.5 Å². The number of hydrogen-bond acceptors (Lipinski definition) is 5. The van der Waals surface area contributed by atoms with Gasteiger partial charge in [0.25, 0.3) is 5.56 Å². The monoisotopic (exact) mass is 384 g/mol. The molecule has 7 heteroatoms. The van der Waals surface area contributed by atoms with Crippen LogP contribution in [0, 0.1) is 18.3 Å². The van der Waals surface area contributed by atoms with Crippen LogP contribution < -0.4 is 5.56 Å². The molecule has 0 fully saturated rings. The number of fused-ring (bicyclic) bond motifs is 1. The van der Waals surface area contributed by atoms with E-state index in [9.17, 15) is 4.79 Å². The molecule has 0 bridgehead atoms. The maximum atomic E-state index is 12.7. The van der Waals surface area contributed by atoms with Crippen molar-refractivity contribution in [2.24, 2.45) is 7.05 Å². The number of nitrogens with zero attached hydrogens (tertiary/aromatic N) is 4. The molecule has 0 radical (unpaired) electrons. The Hall–Kier alpha value is -4.27. The average Bonchev–Trinajstić information content (AvgIpc) is 3.10. The Balaban J connectivity index is 0.000000755. The third kappa shape index (κ3) is 3.61. The van der Waals surface area contributed by atoms with E-state index in [2.05, 4.69) is 11.2 Å². The van der Waals surface area contributed by atoms with Gasteiger partial charge < -0.3 is 4.57 Å². The normalized spacial score (nSPS) is 9.97. The molecular weight excluding hydrogens is 368 g/mol. The third-order valence-electron chi connectivity index (χ3n) is 4.56. The molecule has 0 N–H and O–H groups in total. The van der Waals surface area contributed by atoms with Crippen molar-refractivity contribution in [1.82, 2.24) is 14.2 Å². The lowest BCUT2D eigenvalue weighted by atomic mass is 10.1. The zero-order valence-corrected chi connectivity index (χ0v) is 15.8. The second kappa shape index (κ2) is 8.17. The number of carbonyl (C=O) groups excluding carboxylic acids is 2. The molecule has 0 aliphatic heterocycles. The van der Waals surface area contributed by atoms with Crippen LogP contribution >= 0.6 is 0 Å². The summed E-state index contributed by atoms with van der Waals surface area (Å²) in [6.07, 6.45) is 0.250. The Morgan fingerprint density at radius 2 is 1.59 bits per heavy atom. The fourth-order valence-corrected chi connectivity index (χ4v) is 3.30. The molecule has 2 aromatic carbocycles. The van der Waals surface area contributed by atoms with Gasteiger partial charge in [-0.05, 0) is 30.2 Å². The summed E-state index contributed by atoms with van der Waals surface area (Å²) in [6.45, 7) is 1.91. The van der Waals surface area contributed by atoms with Crippen LogP contribution in [0.4, 0.5) is 0 Å². The molecule has 0 aliphatic rings. The van der Waals surface area contributed by atoms with Crippen LogP contribution in [-0.2, 0) is 16.6 Å². The van der Waals surface area contributed by atoms with E-state index in [-0.39, 0.29) is 11.7 Å². The van der Waals surface area contributed by atoms with Gasteiger partial charge in [0.1, 0.15) is 5.65 Å². The first kappa shape index (κ1) is 19.5. The Labute approximate surface area is 166 Å². The van der Waals surface area contributed by atoms with Gasteiger partial charge in [0.2, 0.25) is 0 Å². The molecule has 2 aromatic heterocycles. The molecule has 0 unspecified atom stereocenters. The summed E-state index contributed by atoms with van der Waals surface area (Å²) in [6, 6.07) is 20.9. The van der Waals surface area contributed by atoms with Crippen LogP contribution in [0.25, 0.3) is 28.0 Å². The number of rotatable bonds is 2. The quantitative estimate of drug-likeness (QED) is 0.529. The fraction of sp³-hybridized carbons (Fsp3) is 0.0909. The van der Waals surface area contributed by atoms with Crippen molar-refractivity contribution in [3.63, 3.8) is 0 Å². The van der Waals surface area contributed by atoms with Gasteiger partial charge in [0, 0.05) is 18.7 Å². The Bertz CT molecular complexity index is 1300. The summed E-state index contributed by atoms with van der Waals surface area (Å²) in [5.74, 6) is 0. The summed E-state index contributed by atoms with van der Waals surface area (Å²) in [5, 5.41) is 13.4. The second-order valence-electron chi connectivity index (χ2n) is 6.26. The van der Waals surface area contributed by atoms with Gasteiger partial charge in [0.05, 0.1) is 23.0 Å². The van der Waals surface area contributed by atoms with Crippen LogP contribution in [-0.4, -0.2) is 20.3 Å². The minimum Gasteiger partial charge on any atom is -0.328 e. The zero-order chi connectivity index (χ0) is 21.0. The topological polar surface area (TPSA) is 97.2 Å². The number of benzene rings is 2. The van der Waals surface area contributed by atoms with Crippen LogP contribution in [0.1, 0.15) is 11.3 Å². The largest absolute Gasteiger partial charge is 0.373 e. The number of aryl methyl sites for hydroxylation is 2. The molecule has 0 spiro atoms. The van der Waals surface area contributed by atoms with Gasteiger partial charge in [-0.1, -0.05) is 42.5 Å². The second-order valence-corrected chi connectivity index (χ2v) is 6.26. The molecule has 142 valence electrons. The smallest absolute Gasteiger partial charge is 0.328 e. The highest BCUT2D eigenvalue weighted by Gasteiger charge is 2.17. The van der Waals surface area contributed by atoms with E-state index in [1.54, 1.807) is 18.2 Å². The first-order chi connectivity index (χ1) is 14.0. The first-order valence-corrected chi connectivity index (χ1v) is 8.66. The van der Waals surface area contributed by atoms with Crippen molar-refractivity contribution in [1.29, 1.82) is 5.26 Å². The Morgan fingerprint density at radius 1 is 0.966 bits per heavy atom. The number of hydrogen-bond donors (Lipinski definition) is 0. The van der Waals surface area contributed by atoms with E-state index in [0.29, 0.717) is 5.56 Å². The summed E-state index contributed by atoms with van der Waals surface area (Å²) in [7, 11) is 1.93. The van der Waals surface area contributed by atoms with Crippen molar-refractivity contribution in [2.75, 3.05) is 0 Å². The van der Waals surface area contributed by atoms with E-state index in [0.717, 1.165) is 33.7 Å². The molecule has 2 heterocycles. The van der Waals surface area contributed by atoms with E-state index in [4.69, 9.17) is 14.9 Å². The molecule has 0 saturated heterocycles. The van der Waals surface area contributed by atoms with Crippen LogP contribution in [0.2, 0.25) is 0 Å². The van der Waals surface area contributed by atoms with Gasteiger partial charge >= 0.3 is 6.15 Å². The highest BCUT2D eigenvalue weighted by molar-refractivity contribution is 5.81. The maximum Gasteiger partial charge on any atom is 0.373 e.